The van der Waals surface area contributed by atoms with E-state index in [9.17, 15) is 18.8 Å². The Hall–Kier alpha value is -4.47. The molecule has 3 rings (SSSR count). The Morgan fingerprint density at radius 2 is 1.75 bits per heavy atom. The predicted octanol–water partition coefficient (Wildman–Crippen LogP) is 5.40. The Bertz CT molecular complexity index is 1330. The zero-order valence-corrected chi connectivity index (χ0v) is 23.0. The first-order valence-electron chi connectivity index (χ1n) is 12.6. The fraction of sp³-hybridized carbons (Fsp3) is 0.333. The first kappa shape index (κ1) is 30.1. The van der Waals surface area contributed by atoms with Crippen LogP contribution in [0.15, 0.2) is 60.8 Å². The number of pyridine rings is 1. The number of ketones is 1. The predicted molar refractivity (Wildman–Crippen MR) is 143 cm³/mol. The van der Waals surface area contributed by atoms with Crippen molar-refractivity contribution in [2.45, 2.75) is 46.3 Å². The highest BCUT2D eigenvalue weighted by molar-refractivity contribution is 5.99. The van der Waals surface area contributed by atoms with Gasteiger partial charge in [-0.25, -0.2) is 9.37 Å². The minimum Gasteiger partial charge on any atom is -0.493 e. The van der Waals surface area contributed by atoms with E-state index in [-0.39, 0.29) is 29.2 Å². The maximum absolute atomic E-state index is 14.9. The van der Waals surface area contributed by atoms with Crippen LogP contribution in [0.25, 0.3) is 0 Å². The van der Waals surface area contributed by atoms with E-state index in [4.69, 9.17) is 23.7 Å². The van der Waals surface area contributed by atoms with Crippen molar-refractivity contribution in [3.05, 3.63) is 83.4 Å². The van der Waals surface area contributed by atoms with Crippen molar-refractivity contribution >= 4 is 17.7 Å². The molecule has 1 heterocycles. The number of benzene rings is 2. The molecule has 0 spiro atoms. The van der Waals surface area contributed by atoms with Gasteiger partial charge < -0.3 is 23.7 Å². The van der Waals surface area contributed by atoms with E-state index in [1.165, 1.54) is 39.3 Å². The fourth-order valence-electron chi connectivity index (χ4n) is 3.84. The number of hydrogen-bond donors (Lipinski definition) is 0. The van der Waals surface area contributed by atoms with E-state index in [1.54, 1.807) is 50.2 Å². The van der Waals surface area contributed by atoms with Crippen LogP contribution in [0.1, 0.15) is 54.9 Å². The molecule has 9 nitrogen and oxygen atoms in total. The fourth-order valence-corrected chi connectivity index (χ4v) is 3.84. The minimum atomic E-state index is -0.948. The number of methoxy groups -OCH3 is 1. The van der Waals surface area contributed by atoms with E-state index < -0.39 is 48.5 Å². The summed E-state index contributed by atoms with van der Waals surface area (Å²) in [6.07, 6.45) is -0.757. The molecule has 1 aromatic heterocycles. The lowest BCUT2D eigenvalue weighted by molar-refractivity contribution is -0.157. The first-order chi connectivity index (χ1) is 19.1. The molecule has 0 fully saturated rings. The molecule has 0 bridgehead atoms. The third kappa shape index (κ3) is 8.02. The molecule has 0 aliphatic rings. The van der Waals surface area contributed by atoms with Gasteiger partial charge in [0.15, 0.2) is 29.1 Å². The van der Waals surface area contributed by atoms with Crippen LogP contribution >= 0.6 is 0 Å². The summed E-state index contributed by atoms with van der Waals surface area (Å²) < 4.78 is 42.1. The molecule has 0 unspecified atom stereocenters. The lowest BCUT2D eigenvalue weighted by atomic mass is 10.0. The van der Waals surface area contributed by atoms with E-state index in [0.717, 1.165) is 5.56 Å². The van der Waals surface area contributed by atoms with Crippen LogP contribution in [0.2, 0.25) is 0 Å². The zero-order chi connectivity index (χ0) is 29.2. The van der Waals surface area contributed by atoms with E-state index in [0.29, 0.717) is 5.75 Å². The number of rotatable bonds is 13. The number of ether oxygens (including phenoxy) is 5. The van der Waals surface area contributed by atoms with Gasteiger partial charge >= 0.3 is 11.9 Å². The van der Waals surface area contributed by atoms with Crippen LogP contribution in [0.3, 0.4) is 0 Å². The van der Waals surface area contributed by atoms with Crippen molar-refractivity contribution in [2.75, 3.05) is 13.9 Å². The molecule has 0 saturated heterocycles. The van der Waals surface area contributed by atoms with Crippen LogP contribution in [0, 0.1) is 18.7 Å². The Balaban J connectivity index is 1.75. The number of carbonyl (C=O) groups is 3. The molecule has 3 aromatic rings. The molecule has 3 atom stereocenters. The summed E-state index contributed by atoms with van der Waals surface area (Å²) in [7, 11) is 1.38. The first-order valence-corrected chi connectivity index (χ1v) is 12.6. The Morgan fingerprint density at radius 1 is 1.02 bits per heavy atom. The summed E-state index contributed by atoms with van der Waals surface area (Å²) >= 11 is 0. The summed E-state index contributed by atoms with van der Waals surface area (Å²) in [4.78, 5) is 41.3. The summed E-state index contributed by atoms with van der Waals surface area (Å²) in [5, 5.41) is 0. The average molecular weight is 554 g/mol. The lowest BCUT2D eigenvalue weighted by Gasteiger charge is -2.27. The number of para-hydroxylation sites is 1. The number of aromatic nitrogens is 1. The molecule has 40 heavy (non-hydrogen) atoms. The van der Waals surface area contributed by atoms with Gasteiger partial charge in [-0.15, -0.1) is 0 Å². The third-order valence-corrected chi connectivity index (χ3v) is 5.91. The molecule has 212 valence electrons. The van der Waals surface area contributed by atoms with Crippen LogP contribution < -0.4 is 14.2 Å². The second-order valence-electron chi connectivity index (χ2n) is 9.14. The van der Waals surface area contributed by atoms with Crippen molar-refractivity contribution in [1.29, 1.82) is 0 Å². The molecular weight excluding hydrogens is 521 g/mol. The number of halogens is 1. The SMILES string of the molecule is COc1ccnc(C(=O)C[C@@H](C)C(=O)O[C@@H](C)[C@H](Oc2ccccc2)c2ccc(C)cc2F)c1OCOC(C)=O. The molecule has 2 aromatic carbocycles. The second-order valence-corrected chi connectivity index (χ2v) is 9.14. The molecular formula is C30H32FNO8. The van der Waals surface area contributed by atoms with Crippen molar-refractivity contribution in [2.24, 2.45) is 5.92 Å². The number of esters is 2. The molecule has 0 radical (unpaired) electrons. The topological polar surface area (TPSA) is 110 Å². The van der Waals surface area contributed by atoms with Crippen molar-refractivity contribution in [3.63, 3.8) is 0 Å². The maximum Gasteiger partial charge on any atom is 0.309 e. The molecule has 0 saturated carbocycles. The van der Waals surface area contributed by atoms with Crippen molar-refractivity contribution in [3.8, 4) is 17.2 Å². The summed E-state index contributed by atoms with van der Waals surface area (Å²) in [5.41, 5.74) is 0.874. The number of Topliss-reactive ketones (excluding diaryl/α,β-unsaturated/α-hetero) is 1. The zero-order valence-electron chi connectivity index (χ0n) is 23.0. The van der Waals surface area contributed by atoms with Gasteiger partial charge in [-0.3, -0.25) is 14.4 Å². The van der Waals surface area contributed by atoms with Gasteiger partial charge in [-0.05, 0) is 37.6 Å². The maximum atomic E-state index is 14.9. The summed E-state index contributed by atoms with van der Waals surface area (Å²) in [6.45, 7) is 5.67. The van der Waals surface area contributed by atoms with Gasteiger partial charge in [0.1, 0.15) is 17.7 Å². The third-order valence-electron chi connectivity index (χ3n) is 5.91. The second kappa shape index (κ2) is 14.1. The highest BCUT2D eigenvalue weighted by Gasteiger charge is 2.31. The van der Waals surface area contributed by atoms with Gasteiger partial charge in [-0.1, -0.05) is 37.3 Å². The minimum absolute atomic E-state index is 0.0173. The highest BCUT2D eigenvalue weighted by Crippen LogP contribution is 2.32. The lowest BCUT2D eigenvalue weighted by Crippen LogP contribution is -2.30. The van der Waals surface area contributed by atoms with Crippen molar-refractivity contribution in [1.82, 2.24) is 4.98 Å². The number of carbonyl (C=O) groups excluding carboxylic acids is 3. The Labute approximate surface area is 232 Å². The van der Waals surface area contributed by atoms with Gasteiger partial charge in [0.25, 0.3) is 0 Å². The number of aryl methyl sites for hydroxylation is 1. The van der Waals surface area contributed by atoms with Crippen LogP contribution in [0.5, 0.6) is 17.2 Å². The average Bonchev–Trinajstić information content (AvgIpc) is 2.92. The van der Waals surface area contributed by atoms with Gasteiger partial charge in [0, 0.05) is 31.2 Å². The smallest absolute Gasteiger partial charge is 0.309 e. The van der Waals surface area contributed by atoms with Crippen LogP contribution in [0.4, 0.5) is 4.39 Å². The molecule has 0 amide bonds. The molecule has 0 aliphatic heterocycles. The van der Waals surface area contributed by atoms with Crippen LogP contribution in [-0.4, -0.2) is 42.7 Å². The number of nitrogens with zero attached hydrogens (tertiary/aromatic N) is 1. The molecule has 0 aliphatic carbocycles. The largest absolute Gasteiger partial charge is 0.493 e. The van der Waals surface area contributed by atoms with Crippen LogP contribution in [-0.2, 0) is 19.1 Å². The van der Waals surface area contributed by atoms with E-state index in [2.05, 4.69) is 4.98 Å². The Morgan fingerprint density at radius 3 is 2.40 bits per heavy atom. The van der Waals surface area contributed by atoms with Crippen molar-refractivity contribution < 1.29 is 42.5 Å². The molecule has 0 N–H and O–H groups in total. The van der Waals surface area contributed by atoms with E-state index >= 15 is 0 Å². The molecule has 10 heteroatoms. The highest BCUT2D eigenvalue weighted by atomic mass is 19.1. The quantitative estimate of drug-likeness (QED) is 0.156. The summed E-state index contributed by atoms with van der Waals surface area (Å²) in [6, 6.07) is 15.0. The number of hydrogen-bond acceptors (Lipinski definition) is 9. The standard InChI is InChI=1S/C30H32FNO8/c1-18-11-12-23(24(31)15-18)28(40-22-9-7-6-8-10-22)20(3)39-30(35)19(2)16-25(34)27-29(38-17-37-21(4)33)26(36-5)13-14-32-27/h6-15,19-20,28H,16-17H2,1-5H3/t19-,20+,28+/m1/s1. The van der Waals surface area contributed by atoms with Gasteiger partial charge in [0.05, 0.1) is 13.0 Å². The summed E-state index contributed by atoms with van der Waals surface area (Å²) in [5.74, 6) is -2.48. The van der Waals surface area contributed by atoms with E-state index in [1.807, 2.05) is 6.07 Å². The Kier molecular flexibility index (Phi) is 10.6. The van der Waals surface area contributed by atoms with Gasteiger partial charge in [-0.2, -0.15) is 0 Å². The normalized spacial score (nSPS) is 12.9. The monoisotopic (exact) mass is 553 g/mol. The van der Waals surface area contributed by atoms with Gasteiger partial charge in [0.2, 0.25) is 6.79 Å².